The molecule has 1 aromatic heterocycles. The van der Waals surface area contributed by atoms with E-state index in [0.717, 1.165) is 6.54 Å². The summed E-state index contributed by atoms with van der Waals surface area (Å²) in [5.74, 6) is -0.708. The number of oxime groups is 1. The summed E-state index contributed by atoms with van der Waals surface area (Å²) in [5.41, 5.74) is 5.98. The Morgan fingerprint density at radius 2 is 2.35 bits per heavy atom. The predicted molar refractivity (Wildman–Crippen MR) is 72.8 cm³/mol. The Bertz CT molecular complexity index is 582. The van der Waals surface area contributed by atoms with Crippen LogP contribution in [0.3, 0.4) is 0 Å². The van der Waals surface area contributed by atoms with Crippen molar-refractivity contribution < 1.29 is 9.60 Å². The standard InChI is InChI=1S/C13H16FN5O/c14-12-10(2-1-3-11(12)13(15)18-20)8-16-4-6-19-7-5-17-9-19/h1-3,5,7,9,16,20H,4,6,8H2,(H2,15,18). The first kappa shape index (κ1) is 14.0. The molecule has 0 atom stereocenters. The zero-order chi connectivity index (χ0) is 14.4. The van der Waals surface area contributed by atoms with E-state index in [2.05, 4.69) is 15.5 Å². The van der Waals surface area contributed by atoms with Gasteiger partial charge in [0, 0.05) is 37.6 Å². The third kappa shape index (κ3) is 3.33. The Kier molecular flexibility index (Phi) is 4.67. The van der Waals surface area contributed by atoms with Gasteiger partial charge in [0.05, 0.1) is 11.9 Å². The molecule has 0 aliphatic carbocycles. The van der Waals surface area contributed by atoms with Gasteiger partial charge in [-0.3, -0.25) is 0 Å². The van der Waals surface area contributed by atoms with Crippen molar-refractivity contribution in [3.8, 4) is 0 Å². The van der Waals surface area contributed by atoms with Crippen molar-refractivity contribution >= 4 is 5.84 Å². The Balaban J connectivity index is 1.93. The fraction of sp³-hybridized carbons (Fsp3) is 0.231. The van der Waals surface area contributed by atoms with Crippen molar-refractivity contribution in [3.05, 3.63) is 53.9 Å². The van der Waals surface area contributed by atoms with E-state index < -0.39 is 5.82 Å². The molecule has 2 aromatic rings. The smallest absolute Gasteiger partial charge is 0.173 e. The first-order valence-corrected chi connectivity index (χ1v) is 6.14. The van der Waals surface area contributed by atoms with Crippen LogP contribution in [0.1, 0.15) is 11.1 Å². The van der Waals surface area contributed by atoms with E-state index in [9.17, 15) is 4.39 Å². The lowest BCUT2D eigenvalue weighted by Gasteiger charge is -2.09. The van der Waals surface area contributed by atoms with E-state index in [1.165, 1.54) is 6.07 Å². The molecule has 0 aliphatic heterocycles. The highest BCUT2D eigenvalue weighted by molar-refractivity contribution is 5.97. The number of benzene rings is 1. The maximum Gasteiger partial charge on any atom is 0.173 e. The van der Waals surface area contributed by atoms with Gasteiger partial charge in [-0.1, -0.05) is 17.3 Å². The zero-order valence-corrected chi connectivity index (χ0v) is 10.8. The van der Waals surface area contributed by atoms with Gasteiger partial charge in [-0.2, -0.15) is 0 Å². The first-order chi connectivity index (χ1) is 9.72. The van der Waals surface area contributed by atoms with E-state index >= 15 is 0 Å². The van der Waals surface area contributed by atoms with Crippen molar-refractivity contribution in [2.75, 3.05) is 6.54 Å². The molecule has 0 saturated heterocycles. The Morgan fingerprint density at radius 3 is 3.05 bits per heavy atom. The second-order valence-corrected chi connectivity index (χ2v) is 4.24. The summed E-state index contributed by atoms with van der Waals surface area (Å²) in [6.07, 6.45) is 5.29. The average Bonchev–Trinajstić information content (AvgIpc) is 2.97. The van der Waals surface area contributed by atoms with Crippen molar-refractivity contribution in [3.63, 3.8) is 0 Å². The van der Waals surface area contributed by atoms with Crippen molar-refractivity contribution in [2.45, 2.75) is 13.1 Å². The van der Waals surface area contributed by atoms with Crippen molar-refractivity contribution in [2.24, 2.45) is 10.9 Å². The molecule has 0 spiro atoms. The van der Waals surface area contributed by atoms with Crippen LogP contribution >= 0.6 is 0 Å². The number of halogens is 1. The normalized spacial score (nSPS) is 11.8. The Hall–Kier alpha value is -2.41. The molecule has 0 radical (unpaired) electrons. The fourth-order valence-electron chi connectivity index (χ4n) is 1.82. The summed E-state index contributed by atoms with van der Waals surface area (Å²) >= 11 is 0. The maximum atomic E-state index is 14.1. The summed E-state index contributed by atoms with van der Waals surface area (Å²) in [6.45, 7) is 1.80. The lowest BCUT2D eigenvalue weighted by Crippen LogP contribution is -2.21. The number of hydrogen-bond acceptors (Lipinski definition) is 4. The summed E-state index contributed by atoms with van der Waals surface area (Å²) in [5, 5.41) is 14.5. The number of amidine groups is 1. The van der Waals surface area contributed by atoms with Crippen LogP contribution in [0.25, 0.3) is 0 Å². The van der Waals surface area contributed by atoms with E-state index in [4.69, 9.17) is 10.9 Å². The summed E-state index contributed by atoms with van der Waals surface area (Å²) in [6, 6.07) is 4.80. The monoisotopic (exact) mass is 277 g/mol. The first-order valence-electron chi connectivity index (χ1n) is 6.14. The highest BCUT2D eigenvalue weighted by atomic mass is 19.1. The average molecular weight is 277 g/mol. The molecule has 6 nitrogen and oxygen atoms in total. The van der Waals surface area contributed by atoms with Gasteiger partial charge in [0.2, 0.25) is 0 Å². The minimum absolute atomic E-state index is 0.0985. The number of hydrogen-bond donors (Lipinski definition) is 3. The Morgan fingerprint density at radius 1 is 1.50 bits per heavy atom. The largest absolute Gasteiger partial charge is 0.409 e. The predicted octanol–water partition coefficient (Wildman–Crippen LogP) is 0.906. The molecule has 1 heterocycles. The molecule has 1 aromatic carbocycles. The van der Waals surface area contributed by atoms with Gasteiger partial charge < -0.3 is 20.8 Å². The molecule has 7 heteroatoms. The number of aromatic nitrogens is 2. The van der Waals surface area contributed by atoms with Crippen LogP contribution in [0.2, 0.25) is 0 Å². The fourth-order valence-corrected chi connectivity index (χ4v) is 1.82. The molecule has 106 valence electrons. The van der Waals surface area contributed by atoms with Gasteiger partial charge in [-0.05, 0) is 6.07 Å². The highest BCUT2D eigenvalue weighted by Gasteiger charge is 2.10. The number of nitrogens with two attached hydrogens (primary N) is 1. The van der Waals surface area contributed by atoms with Crippen LogP contribution in [-0.2, 0) is 13.1 Å². The van der Waals surface area contributed by atoms with Crippen molar-refractivity contribution in [1.29, 1.82) is 0 Å². The summed E-state index contributed by atoms with van der Waals surface area (Å²) in [4.78, 5) is 3.94. The molecule has 4 N–H and O–H groups in total. The van der Waals surface area contributed by atoms with E-state index in [0.29, 0.717) is 18.7 Å². The third-order valence-corrected chi connectivity index (χ3v) is 2.88. The molecule has 0 aliphatic rings. The third-order valence-electron chi connectivity index (χ3n) is 2.88. The van der Waals surface area contributed by atoms with Gasteiger partial charge in [-0.25, -0.2) is 9.37 Å². The van der Waals surface area contributed by atoms with Crippen LogP contribution < -0.4 is 11.1 Å². The maximum absolute atomic E-state index is 14.1. The molecule has 0 unspecified atom stereocenters. The lowest BCUT2D eigenvalue weighted by molar-refractivity contribution is 0.318. The van der Waals surface area contributed by atoms with Gasteiger partial charge in [-0.15, -0.1) is 0 Å². The SMILES string of the molecule is N/C(=N/O)c1cccc(CNCCn2ccnc2)c1F. The van der Waals surface area contributed by atoms with Crippen LogP contribution in [-0.4, -0.2) is 27.1 Å². The van der Waals surface area contributed by atoms with Crippen molar-refractivity contribution in [1.82, 2.24) is 14.9 Å². The lowest BCUT2D eigenvalue weighted by atomic mass is 10.1. The molecule has 20 heavy (non-hydrogen) atoms. The van der Waals surface area contributed by atoms with Gasteiger partial charge in [0.15, 0.2) is 5.84 Å². The van der Waals surface area contributed by atoms with Gasteiger partial charge in [0.1, 0.15) is 5.82 Å². The van der Waals surface area contributed by atoms with Gasteiger partial charge in [0.25, 0.3) is 0 Å². The number of rotatable bonds is 6. The van der Waals surface area contributed by atoms with E-state index in [1.54, 1.807) is 24.7 Å². The molecule has 0 amide bonds. The van der Waals surface area contributed by atoms with Crippen LogP contribution in [0.4, 0.5) is 4.39 Å². The van der Waals surface area contributed by atoms with Gasteiger partial charge >= 0.3 is 0 Å². The minimum Gasteiger partial charge on any atom is -0.409 e. The van der Waals surface area contributed by atoms with Crippen LogP contribution in [0, 0.1) is 5.82 Å². The molecule has 2 rings (SSSR count). The van der Waals surface area contributed by atoms with E-state index in [1.807, 2.05) is 10.8 Å². The van der Waals surface area contributed by atoms with Crippen LogP contribution in [0.5, 0.6) is 0 Å². The molecular formula is C13H16FN5O. The molecule has 0 bridgehead atoms. The van der Waals surface area contributed by atoms with E-state index in [-0.39, 0.29) is 11.4 Å². The molecule has 0 fully saturated rings. The summed E-state index contributed by atoms with van der Waals surface area (Å²) < 4.78 is 16.0. The second kappa shape index (κ2) is 6.67. The Labute approximate surface area is 115 Å². The van der Waals surface area contributed by atoms with Crippen LogP contribution in [0.15, 0.2) is 42.1 Å². The highest BCUT2D eigenvalue weighted by Crippen LogP contribution is 2.12. The minimum atomic E-state index is -0.474. The second-order valence-electron chi connectivity index (χ2n) is 4.24. The molecule has 0 saturated carbocycles. The molecular weight excluding hydrogens is 261 g/mol. The number of imidazole rings is 1. The summed E-state index contributed by atoms with van der Waals surface area (Å²) in [7, 11) is 0. The number of nitrogens with zero attached hydrogens (tertiary/aromatic N) is 3. The topological polar surface area (TPSA) is 88.5 Å². The number of nitrogens with one attached hydrogen (secondary N) is 1. The zero-order valence-electron chi connectivity index (χ0n) is 10.8. The quantitative estimate of drug-likeness (QED) is 0.241.